The van der Waals surface area contributed by atoms with E-state index in [2.05, 4.69) is 0 Å². The second kappa shape index (κ2) is 11.3. The van der Waals surface area contributed by atoms with Crippen LogP contribution in [0, 0.1) is 17.6 Å². The summed E-state index contributed by atoms with van der Waals surface area (Å²) in [6, 6.07) is 20.7. The summed E-state index contributed by atoms with van der Waals surface area (Å²) in [6.07, 6.45) is 0.856. The number of fused-ring (bicyclic) bond motifs is 3. The smallest absolute Gasteiger partial charge is 0.415 e. The van der Waals surface area contributed by atoms with E-state index in [9.17, 15) is 18.4 Å². The summed E-state index contributed by atoms with van der Waals surface area (Å²) in [5, 5.41) is 0. The highest BCUT2D eigenvalue weighted by Crippen LogP contribution is 2.36. The van der Waals surface area contributed by atoms with E-state index in [4.69, 9.17) is 9.47 Å². The topological polar surface area (TPSA) is 55.8 Å². The molecular weight excluding hydrogens is 490 g/mol. The van der Waals surface area contributed by atoms with Gasteiger partial charge in [0, 0.05) is 18.8 Å². The molecule has 3 saturated heterocycles. The number of hydrogen-bond acceptors (Lipinski definition) is 4. The van der Waals surface area contributed by atoms with Crippen molar-refractivity contribution in [3.05, 3.63) is 102 Å². The maximum Gasteiger partial charge on any atom is 0.415 e. The Balaban J connectivity index is 1.25. The number of amides is 1. The maximum absolute atomic E-state index is 14.7. The fourth-order valence-corrected chi connectivity index (χ4v) is 5.54. The number of nitrogens with zero attached hydrogens (tertiary/aromatic N) is 2. The molecule has 2 bridgehead atoms. The van der Waals surface area contributed by atoms with Gasteiger partial charge < -0.3 is 14.0 Å². The van der Waals surface area contributed by atoms with E-state index in [0.717, 1.165) is 25.9 Å². The number of para-hydroxylation sites is 1. The highest BCUT2D eigenvalue weighted by molar-refractivity contribution is 5.89. The molecule has 1 amide bonds. The number of anilines is 1. The Morgan fingerprint density at radius 3 is 2.29 bits per heavy atom. The Morgan fingerprint density at radius 1 is 0.895 bits per heavy atom. The monoisotopic (exact) mass is 521 g/mol. The van der Waals surface area contributed by atoms with Gasteiger partial charge in [0.1, 0.15) is 31.3 Å². The van der Waals surface area contributed by atoms with Crippen molar-refractivity contribution in [3.63, 3.8) is 0 Å². The second-order valence-corrected chi connectivity index (χ2v) is 10.1. The molecule has 3 aliphatic heterocycles. The number of carbonyl (C=O) groups is 2. The third kappa shape index (κ3) is 5.86. The average molecular weight is 522 g/mol. The molecule has 0 saturated carbocycles. The van der Waals surface area contributed by atoms with Crippen LogP contribution in [0.25, 0.3) is 0 Å². The molecule has 198 valence electrons. The quantitative estimate of drug-likeness (QED) is 0.287. The minimum atomic E-state index is -0.633. The summed E-state index contributed by atoms with van der Waals surface area (Å²) >= 11 is 0. The minimum absolute atomic E-state index is 0.0485. The van der Waals surface area contributed by atoms with Crippen molar-refractivity contribution >= 4 is 17.7 Å². The molecule has 3 aromatic rings. The van der Waals surface area contributed by atoms with Gasteiger partial charge in [0.25, 0.3) is 0 Å². The highest BCUT2D eigenvalue weighted by Gasteiger charge is 2.48. The van der Waals surface area contributed by atoms with Crippen LogP contribution in [0.2, 0.25) is 0 Å². The van der Waals surface area contributed by atoms with Crippen LogP contribution in [0.5, 0.6) is 0 Å². The SMILES string of the molecule is O=C(OCC[N+]12CCC(CC1)[C@@H](OC(=O)N(Cc1ccc(F)cc1)c1ccccc1F)C2)c1ccccc1. The molecule has 1 atom stereocenters. The van der Waals surface area contributed by atoms with Gasteiger partial charge in [-0.1, -0.05) is 42.5 Å². The summed E-state index contributed by atoms with van der Waals surface area (Å²) in [5.74, 6) is -1.03. The fraction of sp³-hybridized carbons (Fsp3) is 0.333. The predicted molar refractivity (Wildman–Crippen MR) is 138 cm³/mol. The van der Waals surface area contributed by atoms with E-state index < -0.39 is 11.9 Å². The first kappa shape index (κ1) is 25.9. The first-order valence-electron chi connectivity index (χ1n) is 13.0. The molecule has 6 rings (SSSR count). The summed E-state index contributed by atoms with van der Waals surface area (Å²) in [7, 11) is 0. The zero-order valence-electron chi connectivity index (χ0n) is 21.1. The molecule has 0 unspecified atom stereocenters. The fourth-order valence-electron chi connectivity index (χ4n) is 5.54. The summed E-state index contributed by atoms with van der Waals surface area (Å²) in [5.41, 5.74) is 1.29. The van der Waals surface area contributed by atoms with Crippen LogP contribution in [-0.4, -0.2) is 55.4 Å². The van der Waals surface area contributed by atoms with Gasteiger partial charge in [0.15, 0.2) is 6.10 Å². The van der Waals surface area contributed by atoms with Crippen molar-refractivity contribution in [1.29, 1.82) is 0 Å². The lowest BCUT2D eigenvalue weighted by Gasteiger charge is -2.52. The largest absolute Gasteiger partial charge is 0.456 e. The van der Waals surface area contributed by atoms with Crippen LogP contribution in [-0.2, 0) is 16.0 Å². The lowest BCUT2D eigenvalue weighted by Crippen LogP contribution is -2.65. The Hall–Kier alpha value is -3.78. The number of halogens is 2. The number of ether oxygens (including phenoxy) is 2. The van der Waals surface area contributed by atoms with Crippen molar-refractivity contribution in [1.82, 2.24) is 0 Å². The van der Waals surface area contributed by atoms with Crippen molar-refractivity contribution < 1.29 is 32.3 Å². The molecule has 0 aromatic heterocycles. The normalized spacial score (nSPS) is 22.1. The molecule has 3 aliphatic rings. The van der Waals surface area contributed by atoms with Gasteiger partial charge in [0.05, 0.1) is 30.9 Å². The first-order chi connectivity index (χ1) is 18.4. The van der Waals surface area contributed by atoms with Gasteiger partial charge in [-0.05, 0) is 42.0 Å². The van der Waals surface area contributed by atoms with E-state index in [-0.39, 0.29) is 42.6 Å². The number of quaternary nitrogens is 1. The predicted octanol–water partition coefficient (Wildman–Crippen LogP) is 5.57. The maximum atomic E-state index is 14.7. The van der Waals surface area contributed by atoms with Gasteiger partial charge in [-0.25, -0.2) is 18.4 Å². The molecule has 6 nitrogen and oxygen atoms in total. The van der Waals surface area contributed by atoms with Crippen molar-refractivity contribution in [3.8, 4) is 0 Å². The van der Waals surface area contributed by atoms with Crippen LogP contribution in [0.1, 0.15) is 28.8 Å². The Bertz CT molecular complexity index is 1260. The number of carbonyl (C=O) groups excluding carboxylic acids is 2. The highest BCUT2D eigenvalue weighted by atomic mass is 19.1. The number of rotatable bonds is 8. The van der Waals surface area contributed by atoms with Crippen molar-refractivity contribution in [2.45, 2.75) is 25.5 Å². The van der Waals surface area contributed by atoms with Gasteiger partial charge in [-0.3, -0.25) is 4.90 Å². The van der Waals surface area contributed by atoms with Crippen molar-refractivity contribution in [2.24, 2.45) is 5.92 Å². The number of hydrogen-bond donors (Lipinski definition) is 0. The van der Waals surface area contributed by atoms with E-state index >= 15 is 0 Å². The summed E-state index contributed by atoms with van der Waals surface area (Å²) < 4.78 is 40.4. The van der Waals surface area contributed by atoms with Crippen molar-refractivity contribution in [2.75, 3.05) is 37.7 Å². The lowest BCUT2D eigenvalue weighted by atomic mass is 9.83. The van der Waals surface area contributed by atoms with Gasteiger partial charge in [0.2, 0.25) is 0 Å². The Labute approximate surface area is 221 Å². The van der Waals surface area contributed by atoms with E-state index in [1.165, 1.54) is 29.2 Å². The van der Waals surface area contributed by atoms with Crippen LogP contribution in [0.4, 0.5) is 19.3 Å². The minimum Gasteiger partial charge on any atom is -0.456 e. The third-order valence-corrected chi connectivity index (χ3v) is 7.72. The molecular formula is C30H31F2N2O4+. The summed E-state index contributed by atoms with van der Waals surface area (Å²) in [6.45, 7) is 3.48. The molecule has 3 heterocycles. The van der Waals surface area contributed by atoms with Gasteiger partial charge in [-0.15, -0.1) is 0 Å². The van der Waals surface area contributed by atoms with Crippen LogP contribution in [0.3, 0.4) is 0 Å². The average Bonchev–Trinajstić information content (AvgIpc) is 2.94. The molecule has 38 heavy (non-hydrogen) atoms. The zero-order valence-corrected chi connectivity index (χ0v) is 21.1. The molecule has 3 aromatic carbocycles. The molecule has 0 radical (unpaired) electrons. The van der Waals surface area contributed by atoms with E-state index in [0.29, 0.717) is 28.7 Å². The first-order valence-corrected chi connectivity index (χ1v) is 13.0. The third-order valence-electron chi connectivity index (χ3n) is 7.72. The van der Waals surface area contributed by atoms with Gasteiger partial charge in [-0.2, -0.15) is 0 Å². The standard InChI is InChI=1S/C30H31F2N2O4/c31-25-12-10-22(11-13-25)20-33(27-9-5-4-8-26(27)32)30(36)38-28-21-34(16-14-23(28)15-17-34)18-19-37-29(35)24-6-2-1-3-7-24/h1-13,23,28H,14-21H2/q+1/t23?,28-,34?/m0/s1. The zero-order chi connectivity index (χ0) is 26.5. The van der Waals surface area contributed by atoms with Gasteiger partial charge >= 0.3 is 12.1 Å². The van der Waals surface area contributed by atoms with E-state index in [1.54, 1.807) is 48.5 Å². The number of esters is 1. The van der Waals surface area contributed by atoms with Crippen LogP contribution >= 0.6 is 0 Å². The molecule has 0 spiro atoms. The summed E-state index contributed by atoms with van der Waals surface area (Å²) in [4.78, 5) is 27.1. The number of benzene rings is 3. The van der Waals surface area contributed by atoms with E-state index in [1.807, 2.05) is 6.07 Å². The lowest BCUT2D eigenvalue weighted by molar-refractivity contribution is -0.946. The molecule has 3 fully saturated rings. The molecule has 8 heteroatoms. The second-order valence-electron chi connectivity index (χ2n) is 10.1. The molecule has 0 aliphatic carbocycles. The Kier molecular flexibility index (Phi) is 7.69. The Morgan fingerprint density at radius 2 is 1.58 bits per heavy atom. The van der Waals surface area contributed by atoms with Crippen LogP contribution < -0.4 is 4.90 Å². The number of piperidine rings is 3. The molecule has 0 N–H and O–H groups in total. The van der Waals surface area contributed by atoms with Crippen LogP contribution in [0.15, 0.2) is 78.9 Å².